The van der Waals surface area contributed by atoms with Gasteiger partial charge >= 0.3 is 6.18 Å². The molecule has 0 bridgehead atoms. The number of nitrogens with one attached hydrogen (secondary N) is 1. The molecule has 1 aromatic carbocycles. The fourth-order valence-corrected chi connectivity index (χ4v) is 4.72. The number of hydrogen-bond donors (Lipinski definition) is 3. The van der Waals surface area contributed by atoms with E-state index in [4.69, 9.17) is 23.1 Å². The molecule has 1 aliphatic carbocycles. The van der Waals surface area contributed by atoms with Gasteiger partial charge in [0.1, 0.15) is 17.4 Å². The van der Waals surface area contributed by atoms with Crippen LogP contribution >= 0.6 is 11.6 Å². The largest absolute Gasteiger partial charge is 0.393 e. The number of halogens is 4. The maximum atomic E-state index is 13.5. The fraction of sp³-hybridized carbons (Fsp3) is 0.455. The first-order valence-corrected chi connectivity index (χ1v) is 11.5. The van der Waals surface area contributed by atoms with Gasteiger partial charge in [-0.05, 0) is 42.5 Å². The Labute approximate surface area is 203 Å². The molecular weight excluding hydrogens is 485 g/mol. The van der Waals surface area contributed by atoms with Gasteiger partial charge in [-0.3, -0.25) is 4.79 Å². The molecule has 0 spiro atoms. The highest BCUT2D eigenvalue weighted by Crippen LogP contribution is 2.37. The van der Waals surface area contributed by atoms with Gasteiger partial charge in [-0.1, -0.05) is 11.6 Å². The summed E-state index contributed by atoms with van der Waals surface area (Å²) in [6, 6.07) is 3.09. The Balaban J connectivity index is 1.54. The number of hydrogen-bond acceptors (Lipinski definition) is 7. The summed E-state index contributed by atoms with van der Waals surface area (Å²) in [7, 11) is 0. The highest BCUT2D eigenvalue weighted by atomic mass is 35.5. The molecule has 35 heavy (non-hydrogen) atoms. The third-order valence-corrected chi connectivity index (χ3v) is 6.66. The molecule has 2 aromatic heterocycles. The number of amides is 1. The topological polar surface area (TPSA) is 128 Å². The lowest BCUT2D eigenvalue weighted by Gasteiger charge is -2.28. The molecule has 3 aromatic rings. The van der Waals surface area contributed by atoms with E-state index in [0.717, 1.165) is 12.8 Å². The SMILES string of the molecule is Nc1ncnc2c1ncn2Cc1c(CC(F)(F)F)cc(Cl)cc1N1CC[C@](N)(C(=O)NC2CC2)C1. The predicted octanol–water partition coefficient (Wildman–Crippen LogP) is 2.40. The van der Waals surface area contributed by atoms with Crippen LogP contribution in [0.1, 0.15) is 30.4 Å². The first kappa shape index (κ1) is 23.6. The molecule has 1 saturated carbocycles. The standard InChI is InChI=1S/C22H24ClF3N8O/c23-13-5-12(7-22(24,25)26)15(8-34-11-31-17-18(27)29-10-30-19(17)34)16(6-13)33-4-3-21(28,9-33)20(35)32-14-1-2-14/h5-6,10-11,14H,1-4,7-9,28H2,(H,32,35)(H2,27,29,30)/t21-/m1/s1. The van der Waals surface area contributed by atoms with Crippen LogP contribution < -0.4 is 21.7 Å². The van der Waals surface area contributed by atoms with Crippen molar-refractivity contribution < 1.29 is 18.0 Å². The molecule has 1 saturated heterocycles. The van der Waals surface area contributed by atoms with Gasteiger partial charge in [-0.2, -0.15) is 13.2 Å². The quantitative estimate of drug-likeness (QED) is 0.466. The van der Waals surface area contributed by atoms with Crippen LogP contribution in [0.3, 0.4) is 0 Å². The highest BCUT2D eigenvalue weighted by molar-refractivity contribution is 6.31. The summed E-state index contributed by atoms with van der Waals surface area (Å²) in [5.41, 5.74) is 12.9. The van der Waals surface area contributed by atoms with E-state index in [2.05, 4.69) is 20.3 Å². The number of imidazole rings is 1. The molecule has 9 nitrogen and oxygen atoms in total. The van der Waals surface area contributed by atoms with Crippen molar-refractivity contribution in [3.8, 4) is 0 Å². The molecule has 3 heterocycles. The number of nitrogens with two attached hydrogens (primary N) is 2. The molecule has 0 unspecified atom stereocenters. The van der Waals surface area contributed by atoms with Gasteiger partial charge in [0.2, 0.25) is 5.91 Å². The molecule has 13 heteroatoms. The Morgan fingerprint density at radius 3 is 2.74 bits per heavy atom. The van der Waals surface area contributed by atoms with Gasteiger partial charge in [-0.25, -0.2) is 15.0 Å². The number of benzene rings is 1. The van der Waals surface area contributed by atoms with Gasteiger partial charge in [0, 0.05) is 29.8 Å². The Kier molecular flexibility index (Phi) is 5.75. The second kappa shape index (κ2) is 8.52. The Morgan fingerprint density at radius 2 is 2.03 bits per heavy atom. The van der Waals surface area contributed by atoms with E-state index in [1.54, 1.807) is 10.6 Å². The first-order chi connectivity index (χ1) is 16.5. The number of aromatic nitrogens is 4. The lowest BCUT2D eigenvalue weighted by Crippen LogP contribution is -2.56. The minimum atomic E-state index is -4.45. The maximum Gasteiger partial charge on any atom is 0.393 e. The van der Waals surface area contributed by atoms with E-state index in [0.29, 0.717) is 35.4 Å². The normalized spacial score (nSPS) is 20.5. The van der Waals surface area contributed by atoms with Crippen LogP contribution in [0.2, 0.25) is 5.02 Å². The monoisotopic (exact) mass is 508 g/mol. The maximum absolute atomic E-state index is 13.5. The van der Waals surface area contributed by atoms with Crippen LogP contribution in [0, 0.1) is 0 Å². The third kappa shape index (κ3) is 4.85. The van der Waals surface area contributed by atoms with Crippen LogP contribution in [-0.2, 0) is 17.8 Å². The average Bonchev–Trinajstić information content (AvgIpc) is 3.34. The van der Waals surface area contributed by atoms with Crippen LogP contribution in [0.25, 0.3) is 11.2 Å². The number of carbonyl (C=O) groups excluding carboxylic acids is 1. The van der Waals surface area contributed by atoms with Crippen molar-refractivity contribution in [2.75, 3.05) is 23.7 Å². The minimum Gasteiger partial charge on any atom is -0.382 e. The molecule has 0 radical (unpaired) electrons. The molecule has 1 amide bonds. The number of fused-ring (bicyclic) bond motifs is 1. The van der Waals surface area contributed by atoms with Crippen LogP contribution in [-0.4, -0.2) is 56.3 Å². The zero-order chi connectivity index (χ0) is 25.0. The summed E-state index contributed by atoms with van der Waals surface area (Å²) in [6.45, 7) is 0.588. The van der Waals surface area contributed by atoms with Gasteiger partial charge in [-0.15, -0.1) is 0 Å². The summed E-state index contributed by atoms with van der Waals surface area (Å²) in [5.74, 6) is -0.0656. The molecule has 2 fully saturated rings. The molecule has 1 atom stereocenters. The van der Waals surface area contributed by atoms with E-state index < -0.39 is 18.1 Å². The van der Waals surface area contributed by atoms with Crippen molar-refractivity contribution in [3.63, 3.8) is 0 Å². The number of nitrogens with zero attached hydrogens (tertiary/aromatic N) is 5. The predicted molar refractivity (Wildman–Crippen MR) is 125 cm³/mol. The van der Waals surface area contributed by atoms with Crippen LogP contribution in [0.5, 0.6) is 0 Å². The number of carbonyl (C=O) groups is 1. The summed E-state index contributed by atoms with van der Waals surface area (Å²) in [4.78, 5) is 26.9. The molecule has 1 aliphatic heterocycles. The van der Waals surface area contributed by atoms with Crippen molar-refractivity contribution in [2.24, 2.45) is 5.73 Å². The number of anilines is 2. The van der Waals surface area contributed by atoms with Crippen LogP contribution in [0.4, 0.5) is 24.7 Å². The fourth-order valence-electron chi connectivity index (χ4n) is 4.48. The summed E-state index contributed by atoms with van der Waals surface area (Å²) in [5, 5.41) is 3.10. The zero-order valence-electron chi connectivity index (χ0n) is 18.6. The Morgan fingerprint density at radius 1 is 1.26 bits per heavy atom. The molecule has 2 aliphatic rings. The number of alkyl halides is 3. The van der Waals surface area contributed by atoms with Gasteiger partial charge < -0.3 is 26.3 Å². The summed E-state index contributed by atoms with van der Waals surface area (Å²) >= 11 is 6.28. The van der Waals surface area contributed by atoms with Gasteiger partial charge in [0.05, 0.1) is 19.3 Å². The second-order valence-corrected chi connectivity index (χ2v) is 9.67. The molecule has 5 N–H and O–H groups in total. The summed E-state index contributed by atoms with van der Waals surface area (Å²) in [6.07, 6.45) is -0.654. The van der Waals surface area contributed by atoms with Crippen molar-refractivity contribution in [1.82, 2.24) is 24.8 Å². The van der Waals surface area contributed by atoms with E-state index in [1.807, 2.05) is 4.90 Å². The molecule has 5 rings (SSSR count). The van der Waals surface area contributed by atoms with Gasteiger partial charge in [0.15, 0.2) is 11.5 Å². The number of rotatable bonds is 6. The van der Waals surface area contributed by atoms with Crippen molar-refractivity contribution in [2.45, 2.75) is 50.0 Å². The second-order valence-electron chi connectivity index (χ2n) is 9.23. The lowest BCUT2D eigenvalue weighted by molar-refractivity contribution is -0.127. The number of nitrogen functional groups attached to an aromatic ring is 1. The summed E-state index contributed by atoms with van der Waals surface area (Å²) < 4.78 is 42.2. The Bertz CT molecular complexity index is 1290. The molecular formula is C22H24ClF3N8O. The van der Waals surface area contributed by atoms with Crippen molar-refractivity contribution in [3.05, 3.63) is 40.9 Å². The van der Waals surface area contributed by atoms with Crippen LogP contribution in [0.15, 0.2) is 24.8 Å². The highest BCUT2D eigenvalue weighted by Gasteiger charge is 2.43. The Hall–Kier alpha value is -3.12. The van der Waals surface area contributed by atoms with E-state index in [1.165, 1.54) is 18.7 Å². The zero-order valence-corrected chi connectivity index (χ0v) is 19.4. The lowest BCUT2D eigenvalue weighted by atomic mass is 9.98. The first-order valence-electron chi connectivity index (χ1n) is 11.2. The van der Waals surface area contributed by atoms with E-state index in [-0.39, 0.29) is 41.4 Å². The third-order valence-electron chi connectivity index (χ3n) is 6.44. The van der Waals surface area contributed by atoms with E-state index in [9.17, 15) is 18.0 Å². The molecule has 186 valence electrons. The van der Waals surface area contributed by atoms with E-state index >= 15 is 0 Å². The smallest absolute Gasteiger partial charge is 0.382 e. The van der Waals surface area contributed by atoms with Crippen molar-refractivity contribution >= 4 is 40.2 Å². The van der Waals surface area contributed by atoms with Crippen molar-refractivity contribution in [1.29, 1.82) is 0 Å². The average molecular weight is 509 g/mol. The minimum absolute atomic E-state index is 0.0285. The van der Waals surface area contributed by atoms with Gasteiger partial charge in [0.25, 0.3) is 0 Å².